The monoisotopic (exact) mass is 338 g/mol. The Morgan fingerprint density at radius 1 is 1.08 bits per heavy atom. The Morgan fingerprint density at radius 3 is 2.48 bits per heavy atom. The molecule has 126 valence electrons. The van der Waals surface area contributed by atoms with Crippen molar-refractivity contribution in [3.05, 3.63) is 83.9 Å². The molecular weight excluding hydrogens is 322 g/mol. The summed E-state index contributed by atoms with van der Waals surface area (Å²) in [5, 5.41) is 14.0. The lowest BCUT2D eigenvalue weighted by Crippen LogP contribution is -2.32. The molecule has 1 heterocycles. The van der Waals surface area contributed by atoms with Gasteiger partial charge in [-0.25, -0.2) is 13.8 Å². The van der Waals surface area contributed by atoms with E-state index in [4.69, 9.17) is 0 Å². The molecule has 3 aromatic rings. The Kier molecular flexibility index (Phi) is 4.85. The molecule has 6 heteroatoms. The van der Waals surface area contributed by atoms with Crippen LogP contribution in [0, 0.1) is 23.0 Å². The summed E-state index contributed by atoms with van der Waals surface area (Å²) >= 11 is 0. The van der Waals surface area contributed by atoms with E-state index in [9.17, 15) is 14.0 Å². The van der Waals surface area contributed by atoms with Gasteiger partial charge in [-0.05, 0) is 36.6 Å². The molecule has 4 nitrogen and oxygen atoms in total. The number of halogens is 2. The summed E-state index contributed by atoms with van der Waals surface area (Å²) in [6, 6.07) is 14.7. The summed E-state index contributed by atoms with van der Waals surface area (Å²) in [5.41, 5.74) is 0.110. The third kappa shape index (κ3) is 3.72. The average Bonchev–Trinajstić information content (AvgIpc) is 3.13. The molecule has 3 rings (SSSR count). The van der Waals surface area contributed by atoms with E-state index in [0.717, 1.165) is 5.56 Å². The van der Waals surface area contributed by atoms with E-state index in [2.05, 4.69) is 16.2 Å². The van der Waals surface area contributed by atoms with Crippen LogP contribution in [-0.4, -0.2) is 14.8 Å². The zero-order chi connectivity index (χ0) is 17.7. The highest BCUT2D eigenvalue weighted by Crippen LogP contribution is 2.33. The Morgan fingerprint density at radius 2 is 1.84 bits per heavy atom. The van der Waals surface area contributed by atoms with Crippen LogP contribution < -0.4 is 0 Å². The predicted octanol–water partition coefficient (Wildman–Crippen LogP) is 3.65. The van der Waals surface area contributed by atoms with Gasteiger partial charge < -0.3 is 0 Å². The van der Waals surface area contributed by atoms with E-state index in [1.165, 1.54) is 35.5 Å². The zero-order valence-electron chi connectivity index (χ0n) is 13.4. The summed E-state index contributed by atoms with van der Waals surface area (Å²) in [7, 11) is 0. The first-order chi connectivity index (χ1) is 12.1. The minimum atomic E-state index is -1.10. The summed E-state index contributed by atoms with van der Waals surface area (Å²) in [6.07, 6.45) is 3.76. The van der Waals surface area contributed by atoms with Gasteiger partial charge in [-0.2, -0.15) is 10.4 Å². The standard InChI is InChI=1S/C19H16F2N4/c20-16-7-5-15(6-8-16)9-10-19(11-22,12-25-14-23-13-24-25)17-3-1-2-4-18(17)21/h1-8,13-14H,9-10,12H2. The van der Waals surface area contributed by atoms with Crippen molar-refractivity contribution in [1.29, 1.82) is 5.26 Å². The average molecular weight is 338 g/mol. The fraction of sp³-hybridized carbons (Fsp3) is 0.211. The van der Waals surface area contributed by atoms with E-state index in [1.807, 2.05) is 0 Å². The Bertz CT molecular complexity index is 869. The molecule has 0 radical (unpaired) electrons. The van der Waals surface area contributed by atoms with Crippen LogP contribution >= 0.6 is 0 Å². The van der Waals surface area contributed by atoms with Crippen LogP contribution in [0.2, 0.25) is 0 Å². The number of hydrogen-bond donors (Lipinski definition) is 0. The normalized spacial score (nSPS) is 13.2. The van der Waals surface area contributed by atoms with E-state index >= 15 is 0 Å². The highest BCUT2D eigenvalue weighted by atomic mass is 19.1. The molecule has 0 fully saturated rings. The van der Waals surface area contributed by atoms with Gasteiger partial charge in [0.15, 0.2) is 0 Å². The van der Waals surface area contributed by atoms with Crippen LogP contribution in [0.4, 0.5) is 8.78 Å². The van der Waals surface area contributed by atoms with Crippen molar-refractivity contribution in [2.75, 3.05) is 0 Å². The molecule has 25 heavy (non-hydrogen) atoms. The molecule has 0 aliphatic rings. The maximum atomic E-state index is 14.4. The maximum absolute atomic E-state index is 14.4. The van der Waals surface area contributed by atoms with E-state index in [1.54, 1.807) is 30.3 Å². The number of aryl methyl sites for hydroxylation is 1. The maximum Gasteiger partial charge on any atom is 0.137 e. The molecule has 0 saturated carbocycles. The van der Waals surface area contributed by atoms with Gasteiger partial charge in [0, 0.05) is 5.56 Å². The van der Waals surface area contributed by atoms with Crippen molar-refractivity contribution in [3.63, 3.8) is 0 Å². The first-order valence-corrected chi connectivity index (χ1v) is 7.86. The van der Waals surface area contributed by atoms with Crippen molar-refractivity contribution in [2.24, 2.45) is 0 Å². The van der Waals surface area contributed by atoms with Gasteiger partial charge in [0.1, 0.15) is 29.7 Å². The molecule has 0 N–H and O–H groups in total. The lowest BCUT2D eigenvalue weighted by Gasteiger charge is -2.27. The van der Waals surface area contributed by atoms with Crippen molar-refractivity contribution < 1.29 is 8.78 Å². The topological polar surface area (TPSA) is 54.5 Å². The molecule has 0 aliphatic carbocycles. The number of nitriles is 1. The summed E-state index contributed by atoms with van der Waals surface area (Å²) in [5.74, 6) is -0.740. The second kappa shape index (κ2) is 7.22. The van der Waals surface area contributed by atoms with E-state index in [0.29, 0.717) is 18.4 Å². The Labute approximate surface area is 144 Å². The minimum Gasteiger partial charge on any atom is -0.251 e. The van der Waals surface area contributed by atoms with Crippen molar-refractivity contribution in [2.45, 2.75) is 24.8 Å². The molecule has 1 atom stereocenters. The summed E-state index contributed by atoms with van der Waals surface area (Å²) < 4.78 is 29.0. The molecule has 0 aliphatic heterocycles. The Hall–Kier alpha value is -3.07. The highest BCUT2D eigenvalue weighted by molar-refractivity contribution is 5.34. The summed E-state index contributed by atoms with van der Waals surface area (Å²) in [4.78, 5) is 3.89. The smallest absolute Gasteiger partial charge is 0.137 e. The van der Waals surface area contributed by atoms with Crippen LogP contribution in [0.25, 0.3) is 0 Å². The van der Waals surface area contributed by atoms with Crippen LogP contribution in [0.5, 0.6) is 0 Å². The van der Waals surface area contributed by atoms with E-state index < -0.39 is 11.2 Å². The first-order valence-electron chi connectivity index (χ1n) is 7.86. The zero-order valence-corrected chi connectivity index (χ0v) is 13.4. The van der Waals surface area contributed by atoms with Crippen LogP contribution in [0.3, 0.4) is 0 Å². The highest BCUT2D eigenvalue weighted by Gasteiger charge is 2.35. The number of nitrogens with zero attached hydrogens (tertiary/aromatic N) is 4. The van der Waals surface area contributed by atoms with Crippen molar-refractivity contribution in [3.8, 4) is 6.07 Å². The van der Waals surface area contributed by atoms with Gasteiger partial charge in [0.05, 0.1) is 12.6 Å². The predicted molar refractivity (Wildman–Crippen MR) is 88.4 cm³/mol. The molecular formula is C19H16F2N4. The molecule has 2 aromatic carbocycles. The van der Waals surface area contributed by atoms with Gasteiger partial charge in [-0.1, -0.05) is 30.3 Å². The lowest BCUT2D eigenvalue weighted by atomic mass is 9.76. The molecule has 0 bridgehead atoms. The third-order valence-electron chi connectivity index (χ3n) is 4.26. The third-order valence-corrected chi connectivity index (χ3v) is 4.26. The van der Waals surface area contributed by atoms with Gasteiger partial charge in [0.25, 0.3) is 0 Å². The first kappa shape index (κ1) is 16.8. The van der Waals surface area contributed by atoms with Gasteiger partial charge in [-0.3, -0.25) is 4.68 Å². The molecule has 0 spiro atoms. The Balaban J connectivity index is 1.94. The van der Waals surface area contributed by atoms with Gasteiger partial charge in [-0.15, -0.1) is 0 Å². The number of rotatable bonds is 6. The van der Waals surface area contributed by atoms with Crippen LogP contribution in [0.15, 0.2) is 61.2 Å². The number of hydrogen-bond acceptors (Lipinski definition) is 3. The number of benzene rings is 2. The fourth-order valence-corrected chi connectivity index (χ4v) is 2.90. The SMILES string of the molecule is N#CC(CCc1ccc(F)cc1)(Cn1cncn1)c1ccccc1F. The molecule has 0 saturated heterocycles. The van der Waals surface area contributed by atoms with Gasteiger partial charge >= 0.3 is 0 Å². The lowest BCUT2D eigenvalue weighted by molar-refractivity contribution is 0.387. The molecule has 0 amide bonds. The van der Waals surface area contributed by atoms with Crippen molar-refractivity contribution in [1.82, 2.24) is 14.8 Å². The van der Waals surface area contributed by atoms with Crippen molar-refractivity contribution >= 4 is 0 Å². The molecule has 1 unspecified atom stereocenters. The number of aromatic nitrogens is 3. The fourth-order valence-electron chi connectivity index (χ4n) is 2.90. The quantitative estimate of drug-likeness (QED) is 0.689. The van der Waals surface area contributed by atoms with Crippen LogP contribution in [0.1, 0.15) is 17.5 Å². The summed E-state index contributed by atoms with van der Waals surface area (Å²) in [6.45, 7) is 0.186. The molecule has 1 aromatic heterocycles. The second-order valence-electron chi connectivity index (χ2n) is 5.89. The van der Waals surface area contributed by atoms with Crippen LogP contribution in [-0.2, 0) is 18.4 Å². The van der Waals surface area contributed by atoms with E-state index in [-0.39, 0.29) is 12.4 Å². The second-order valence-corrected chi connectivity index (χ2v) is 5.89. The van der Waals surface area contributed by atoms with Gasteiger partial charge in [0.2, 0.25) is 0 Å². The largest absolute Gasteiger partial charge is 0.251 e. The minimum absolute atomic E-state index is 0.186.